The largest absolute Gasteiger partial charge is 0.479 e. The van der Waals surface area contributed by atoms with E-state index in [1.807, 2.05) is 0 Å². The minimum absolute atomic E-state index is 0.344. The molecule has 5 heteroatoms. The van der Waals surface area contributed by atoms with Gasteiger partial charge in [0, 0.05) is 0 Å². The van der Waals surface area contributed by atoms with Crippen LogP contribution in [0, 0.1) is 0 Å². The highest BCUT2D eigenvalue weighted by Gasteiger charge is 2.23. The van der Waals surface area contributed by atoms with Crippen LogP contribution in [0.4, 0.5) is 0 Å². The third-order valence-corrected chi connectivity index (χ3v) is 2.49. The van der Waals surface area contributed by atoms with E-state index in [0.29, 0.717) is 5.56 Å². The lowest BCUT2D eigenvalue weighted by molar-refractivity contribution is -0.142. The molecule has 0 heterocycles. The van der Waals surface area contributed by atoms with Gasteiger partial charge in [0.25, 0.3) is 0 Å². The molecule has 0 saturated heterocycles. The van der Waals surface area contributed by atoms with Crippen molar-refractivity contribution in [3.8, 4) is 0 Å². The Kier molecular flexibility index (Phi) is 4.66. The highest BCUT2D eigenvalue weighted by Crippen LogP contribution is 2.12. The van der Waals surface area contributed by atoms with Crippen LogP contribution in [0.15, 0.2) is 30.3 Å². The summed E-state index contributed by atoms with van der Waals surface area (Å²) in [5.41, 5.74) is 0.552. The number of hydrogen-bond donors (Lipinski definition) is 3. The molecule has 0 bridgehead atoms. The second-order valence-corrected chi connectivity index (χ2v) is 3.70. The summed E-state index contributed by atoms with van der Waals surface area (Å²) >= 11 is 0. The lowest BCUT2D eigenvalue weighted by Crippen LogP contribution is -2.44. The molecule has 0 aliphatic rings. The molecule has 0 fully saturated rings. The van der Waals surface area contributed by atoms with Crippen LogP contribution < -0.4 is 10.6 Å². The first-order valence-corrected chi connectivity index (χ1v) is 5.31. The molecule has 0 aliphatic carbocycles. The molecule has 1 aromatic rings. The second-order valence-electron chi connectivity index (χ2n) is 3.70. The number of benzene rings is 1. The zero-order chi connectivity index (χ0) is 12.8. The molecule has 2 atom stereocenters. The van der Waals surface area contributed by atoms with E-state index in [2.05, 4.69) is 10.6 Å². The van der Waals surface area contributed by atoms with Gasteiger partial charge in [0.05, 0.1) is 6.04 Å². The summed E-state index contributed by atoms with van der Waals surface area (Å²) in [7, 11) is 1.64. The highest BCUT2D eigenvalue weighted by atomic mass is 16.4. The summed E-state index contributed by atoms with van der Waals surface area (Å²) in [4.78, 5) is 22.7. The van der Waals surface area contributed by atoms with Gasteiger partial charge in [0.2, 0.25) is 5.91 Å². The van der Waals surface area contributed by atoms with Crippen LogP contribution in [0.1, 0.15) is 18.5 Å². The van der Waals surface area contributed by atoms with Gasteiger partial charge in [-0.25, -0.2) is 4.79 Å². The monoisotopic (exact) mass is 236 g/mol. The third-order valence-electron chi connectivity index (χ3n) is 2.49. The molecule has 0 radical (unpaired) electrons. The lowest BCUT2D eigenvalue weighted by atomic mass is 10.1. The van der Waals surface area contributed by atoms with Gasteiger partial charge in [0.15, 0.2) is 6.04 Å². The Morgan fingerprint density at radius 1 is 1.24 bits per heavy atom. The molecule has 1 aromatic carbocycles. The van der Waals surface area contributed by atoms with E-state index in [1.165, 1.54) is 0 Å². The van der Waals surface area contributed by atoms with Crippen LogP contribution in [0.5, 0.6) is 0 Å². The minimum Gasteiger partial charge on any atom is -0.479 e. The molecule has 1 unspecified atom stereocenters. The van der Waals surface area contributed by atoms with Crippen LogP contribution in [0.25, 0.3) is 0 Å². The smallest absolute Gasteiger partial charge is 0.330 e. The Labute approximate surface area is 99.8 Å². The van der Waals surface area contributed by atoms with Crippen molar-refractivity contribution in [2.45, 2.75) is 19.0 Å². The van der Waals surface area contributed by atoms with Gasteiger partial charge in [-0.3, -0.25) is 4.79 Å². The topological polar surface area (TPSA) is 78.4 Å². The minimum atomic E-state index is -1.08. The summed E-state index contributed by atoms with van der Waals surface area (Å²) in [6.45, 7) is 1.67. The molecule has 5 nitrogen and oxygen atoms in total. The Hall–Kier alpha value is -1.88. The van der Waals surface area contributed by atoms with Crippen LogP contribution in [0.3, 0.4) is 0 Å². The van der Waals surface area contributed by atoms with E-state index in [-0.39, 0.29) is 5.91 Å². The van der Waals surface area contributed by atoms with Gasteiger partial charge in [-0.1, -0.05) is 30.3 Å². The molecule has 1 rings (SSSR count). The summed E-state index contributed by atoms with van der Waals surface area (Å²) in [5.74, 6) is -1.42. The van der Waals surface area contributed by atoms with Crippen molar-refractivity contribution in [1.29, 1.82) is 0 Å². The zero-order valence-corrected chi connectivity index (χ0v) is 9.81. The molecule has 0 aliphatic heterocycles. The molecular formula is C12H16N2O3. The summed E-state index contributed by atoms with van der Waals surface area (Å²) < 4.78 is 0. The van der Waals surface area contributed by atoms with E-state index in [0.717, 1.165) is 0 Å². The van der Waals surface area contributed by atoms with Gasteiger partial charge in [0.1, 0.15) is 0 Å². The molecule has 3 N–H and O–H groups in total. The normalized spacial score (nSPS) is 13.8. The van der Waals surface area contributed by atoms with Gasteiger partial charge >= 0.3 is 5.97 Å². The Morgan fingerprint density at radius 3 is 2.29 bits per heavy atom. The van der Waals surface area contributed by atoms with Gasteiger partial charge < -0.3 is 15.7 Å². The SMILES string of the molecule is CNC(C)C(=O)N[C@@H](C(=O)O)c1ccccc1. The molecule has 0 saturated carbocycles. The first-order valence-electron chi connectivity index (χ1n) is 5.31. The fraction of sp³-hybridized carbons (Fsp3) is 0.333. The van der Waals surface area contributed by atoms with Crippen molar-refractivity contribution in [2.75, 3.05) is 7.05 Å². The molecular weight excluding hydrogens is 220 g/mol. The fourth-order valence-corrected chi connectivity index (χ4v) is 1.33. The maximum atomic E-state index is 11.6. The predicted octanol–water partition coefficient (Wildman–Crippen LogP) is 0.536. The van der Waals surface area contributed by atoms with E-state index >= 15 is 0 Å². The van der Waals surface area contributed by atoms with Gasteiger partial charge in [-0.2, -0.15) is 0 Å². The molecule has 1 amide bonds. The first kappa shape index (κ1) is 13.2. The van der Waals surface area contributed by atoms with Crippen LogP contribution >= 0.6 is 0 Å². The van der Waals surface area contributed by atoms with E-state index in [4.69, 9.17) is 5.11 Å². The number of nitrogens with one attached hydrogen (secondary N) is 2. The maximum absolute atomic E-state index is 11.6. The third kappa shape index (κ3) is 3.57. The van der Waals surface area contributed by atoms with Crippen LogP contribution in [-0.2, 0) is 9.59 Å². The highest BCUT2D eigenvalue weighted by molar-refractivity contribution is 5.87. The Morgan fingerprint density at radius 2 is 1.82 bits per heavy atom. The van der Waals surface area contributed by atoms with Crippen molar-refractivity contribution < 1.29 is 14.7 Å². The van der Waals surface area contributed by atoms with Crippen molar-refractivity contribution in [3.63, 3.8) is 0 Å². The average molecular weight is 236 g/mol. The lowest BCUT2D eigenvalue weighted by Gasteiger charge is -2.17. The van der Waals surface area contributed by atoms with Crippen molar-refractivity contribution >= 4 is 11.9 Å². The number of likely N-dealkylation sites (N-methyl/N-ethyl adjacent to an activating group) is 1. The number of amides is 1. The van der Waals surface area contributed by atoms with Crippen molar-refractivity contribution in [2.24, 2.45) is 0 Å². The maximum Gasteiger partial charge on any atom is 0.330 e. The number of aliphatic carboxylic acids is 1. The fourth-order valence-electron chi connectivity index (χ4n) is 1.33. The van der Waals surface area contributed by atoms with Crippen molar-refractivity contribution in [1.82, 2.24) is 10.6 Å². The predicted molar refractivity (Wildman–Crippen MR) is 63.5 cm³/mol. The van der Waals surface area contributed by atoms with Gasteiger partial charge in [-0.05, 0) is 19.5 Å². The van der Waals surface area contributed by atoms with Gasteiger partial charge in [-0.15, -0.1) is 0 Å². The van der Waals surface area contributed by atoms with Crippen LogP contribution in [0.2, 0.25) is 0 Å². The first-order chi connectivity index (χ1) is 8.06. The number of rotatable bonds is 5. The van der Waals surface area contributed by atoms with E-state index in [1.54, 1.807) is 44.3 Å². The zero-order valence-electron chi connectivity index (χ0n) is 9.81. The number of carbonyl (C=O) groups is 2. The van der Waals surface area contributed by atoms with Crippen LogP contribution in [-0.4, -0.2) is 30.1 Å². The summed E-state index contributed by atoms with van der Waals surface area (Å²) in [5, 5.41) is 14.3. The van der Waals surface area contributed by atoms with Crippen molar-refractivity contribution in [3.05, 3.63) is 35.9 Å². The molecule has 92 valence electrons. The molecule has 0 spiro atoms. The second kappa shape index (κ2) is 6.00. The number of carboxylic acid groups (broad SMARTS) is 1. The number of carboxylic acids is 1. The standard InChI is InChI=1S/C12H16N2O3/c1-8(13-2)11(15)14-10(12(16)17)9-6-4-3-5-7-9/h3-8,10,13H,1-2H3,(H,14,15)(H,16,17)/t8?,10-/m1/s1. The summed E-state index contributed by atoms with van der Waals surface area (Å²) in [6.07, 6.45) is 0. The summed E-state index contributed by atoms with van der Waals surface area (Å²) in [6, 6.07) is 7.16. The molecule has 17 heavy (non-hydrogen) atoms. The number of hydrogen-bond acceptors (Lipinski definition) is 3. The van der Waals surface area contributed by atoms with E-state index < -0.39 is 18.1 Å². The molecule has 0 aromatic heterocycles. The average Bonchev–Trinajstić information content (AvgIpc) is 2.35. The Bertz CT molecular complexity index is 392. The van der Waals surface area contributed by atoms with E-state index in [9.17, 15) is 9.59 Å². The quantitative estimate of drug-likeness (QED) is 0.697. The number of carbonyl (C=O) groups excluding carboxylic acids is 1. The Balaban J connectivity index is 2.82.